The predicted molar refractivity (Wildman–Crippen MR) is 61.3 cm³/mol. The quantitative estimate of drug-likeness (QED) is 0.835. The molecule has 0 atom stereocenters. The van der Waals surface area contributed by atoms with E-state index in [0.29, 0.717) is 24.4 Å². The summed E-state index contributed by atoms with van der Waals surface area (Å²) < 4.78 is 26.4. The molecule has 0 saturated carbocycles. The Morgan fingerprint density at radius 1 is 1.22 bits per heavy atom. The molecule has 1 heterocycles. The first-order chi connectivity index (χ1) is 8.70. The van der Waals surface area contributed by atoms with Gasteiger partial charge < -0.3 is 0 Å². The van der Waals surface area contributed by atoms with Gasteiger partial charge in [-0.1, -0.05) is 0 Å². The maximum Gasteiger partial charge on any atom is 0.135 e. The second kappa shape index (κ2) is 5.32. The SMILES string of the molecule is N#CCCc1nccc(-c2ccc(F)cc2F)n1. The summed E-state index contributed by atoms with van der Waals surface area (Å²) in [5, 5.41) is 8.48. The van der Waals surface area contributed by atoms with Gasteiger partial charge in [-0.15, -0.1) is 0 Å². The van der Waals surface area contributed by atoms with Crippen molar-refractivity contribution < 1.29 is 8.78 Å². The lowest BCUT2D eigenvalue weighted by Gasteiger charge is -2.04. The Morgan fingerprint density at radius 2 is 2.06 bits per heavy atom. The third-order valence-electron chi connectivity index (χ3n) is 2.37. The van der Waals surface area contributed by atoms with Crippen LogP contribution in [0.5, 0.6) is 0 Å². The topological polar surface area (TPSA) is 49.6 Å². The lowest BCUT2D eigenvalue weighted by atomic mass is 10.1. The summed E-state index contributed by atoms with van der Waals surface area (Å²) in [6, 6.07) is 6.86. The van der Waals surface area contributed by atoms with Crippen molar-refractivity contribution in [3.05, 3.63) is 47.9 Å². The van der Waals surface area contributed by atoms with E-state index in [0.717, 1.165) is 6.07 Å². The fourth-order valence-electron chi connectivity index (χ4n) is 1.53. The highest BCUT2D eigenvalue weighted by molar-refractivity contribution is 5.59. The van der Waals surface area contributed by atoms with Crippen molar-refractivity contribution in [2.45, 2.75) is 12.8 Å². The van der Waals surface area contributed by atoms with Crippen LogP contribution in [0.3, 0.4) is 0 Å². The van der Waals surface area contributed by atoms with Gasteiger partial charge in [0.25, 0.3) is 0 Å². The molecule has 3 nitrogen and oxygen atoms in total. The zero-order chi connectivity index (χ0) is 13.0. The molecule has 0 fully saturated rings. The average molecular weight is 245 g/mol. The van der Waals surface area contributed by atoms with E-state index in [1.165, 1.54) is 18.3 Å². The van der Waals surface area contributed by atoms with Crippen molar-refractivity contribution in [1.29, 1.82) is 5.26 Å². The molecule has 1 aromatic carbocycles. The first-order valence-electron chi connectivity index (χ1n) is 5.35. The summed E-state index contributed by atoms with van der Waals surface area (Å²) >= 11 is 0. The third-order valence-corrected chi connectivity index (χ3v) is 2.37. The first kappa shape index (κ1) is 12.1. The maximum absolute atomic E-state index is 13.6. The number of aryl methyl sites for hydroxylation is 1. The van der Waals surface area contributed by atoms with Crippen LogP contribution in [0.1, 0.15) is 12.2 Å². The molecule has 5 heteroatoms. The van der Waals surface area contributed by atoms with Crippen molar-refractivity contribution in [2.75, 3.05) is 0 Å². The second-order valence-corrected chi connectivity index (χ2v) is 3.64. The Bertz CT molecular complexity index is 605. The lowest BCUT2D eigenvalue weighted by molar-refractivity contribution is 0.585. The van der Waals surface area contributed by atoms with Crippen LogP contribution in [-0.2, 0) is 6.42 Å². The monoisotopic (exact) mass is 245 g/mol. The smallest absolute Gasteiger partial charge is 0.135 e. The Labute approximate surface area is 103 Å². The Morgan fingerprint density at radius 3 is 2.78 bits per heavy atom. The number of halogens is 2. The molecule has 90 valence electrons. The highest BCUT2D eigenvalue weighted by Gasteiger charge is 2.08. The largest absolute Gasteiger partial charge is 0.241 e. The summed E-state index contributed by atoms with van der Waals surface area (Å²) in [5.74, 6) is -0.826. The summed E-state index contributed by atoms with van der Waals surface area (Å²) in [7, 11) is 0. The second-order valence-electron chi connectivity index (χ2n) is 3.64. The maximum atomic E-state index is 13.6. The number of aromatic nitrogens is 2. The van der Waals surface area contributed by atoms with Gasteiger partial charge in [0, 0.05) is 30.7 Å². The summed E-state index contributed by atoms with van der Waals surface area (Å²) in [4.78, 5) is 8.14. The number of benzene rings is 1. The highest BCUT2D eigenvalue weighted by Crippen LogP contribution is 2.21. The number of rotatable bonds is 3. The molecule has 0 bridgehead atoms. The minimum Gasteiger partial charge on any atom is -0.241 e. The van der Waals surface area contributed by atoms with E-state index in [1.807, 2.05) is 6.07 Å². The van der Waals surface area contributed by atoms with Gasteiger partial charge >= 0.3 is 0 Å². The van der Waals surface area contributed by atoms with E-state index >= 15 is 0 Å². The predicted octanol–water partition coefficient (Wildman–Crippen LogP) is 2.88. The molecular formula is C13H9F2N3. The highest BCUT2D eigenvalue weighted by atomic mass is 19.1. The minimum atomic E-state index is -0.667. The zero-order valence-electron chi connectivity index (χ0n) is 9.40. The van der Waals surface area contributed by atoms with E-state index in [1.54, 1.807) is 6.07 Å². The van der Waals surface area contributed by atoms with Gasteiger partial charge in [-0.05, 0) is 18.2 Å². The van der Waals surface area contributed by atoms with Crippen LogP contribution in [0, 0.1) is 23.0 Å². The molecule has 2 rings (SSSR count). The van der Waals surface area contributed by atoms with Gasteiger partial charge in [-0.25, -0.2) is 18.7 Å². The number of nitriles is 1. The van der Waals surface area contributed by atoms with E-state index in [-0.39, 0.29) is 5.56 Å². The molecule has 0 aliphatic rings. The number of hydrogen-bond acceptors (Lipinski definition) is 3. The van der Waals surface area contributed by atoms with Gasteiger partial charge in [0.05, 0.1) is 11.8 Å². The van der Waals surface area contributed by atoms with Crippen LogP contribution < -0.4 is 0 Å². The molecule has 0 aliphatic heterocycles. The fraction of sp³-hybridized carbons (Fsp3) is 0.154. The number of nitrogens with zero attached hydrogens (tertiary/aromatic N) is 3. The van der Waals surface area contributed by atoms with Crippen molar-refractivity contribution in [3.8, 4) is 17.3 Å². The van der Waals surface area contributed by atoms with Gasteiger partial charge in [0.15, 0.2) is 0 Å². The Balaban J connectivity index is 2.36. The molecule has 0 spiro atoms. The standard InChI is InChI=1S/C13H9F2N3/c14-9-3-4-10(11(15)8-9)12-5-7-17-13(18-12)2-1-6-16/h3-5,7-8H,1-2H2. The molecule has 1 aromatic heterocycles. The molecule has 2 aromatic rings. The molecular weight excluding hydrogens is 236 g/mol. The Kier molecular flexibility index (Phi) is 3.58. The molecule has 0 amide bonds. The van der Waals surface area contributed by atoms with Crippen molar-refractivity contribution in [3.63, 3.8) is 0 Å². The van der Waals surface area contributed by atoms with Crippen LogP contribution in [-0.4, -0.2) is 9.97 Å². The van der Waals surface area contributed by atoms with Crippen LogP contribution >= 0.6 is 0 Å². The minimum absolute atomic E-state index is 0.219. The van der Waals surface area contributed by atoms with E-state index in [9.17, 15) is 8.78 Å². The molecule has 0 saturated heterocycles. The van der Waals surface area contributed by atoms with E-state index < -0.39 is 11.6 Å². The van der Waals surface area contributed by atoms with Crippen molar-refractivity contribution >= 4 is 0 Å². The van der Waals surface area contributed by atoms with E-state index in [4.69, 9.17) is 5.26 Å². The van der Waals surface area contributed by atoms with Crippen LogP contribution in [0.25, 0.3) is 11.3 Å². The Hall–Kier alpha value is -2.35. The summed E-state index contributed by atoms with van der Waals surface area (Å²) in [6.45, 7) is 0. The van der Waals surface area contributed by atoms with Crippen molar-refractivity contribution in [2.24, 2.45) is 0 Å². The van der Waals surface area contributed by atoms with Crippen LogP contribution in [0.4, 0.5) is 8.78 Å². The molecule has 0 N–H and O–H groups in total. The van der Waals surface area contributed by atoms with Crippen LogP contribution in [0.2, 0.25) is 0 Å². The lowest BCUT2D eigenvalue weighted by Crippen LogP contribution is -1.97. The fourth-order valence-corrected chi connectivity index (χ4v) is 1.53. The zero-order valence-corrected chi connectivity index (χ0v) is 9.40. The number of hydrogen-bond donors (Lipinski definition) is 0. The molecule has 0 unspecified atom stereocenters. The van der Waals surface area contributed by atoms with Gasteiger partial charge in [-0.3, -0.25) is 0 Å². The third kappa shape index (κ3) is 2.66. The summed E-state index contributed by atoms with van der Waals surface area (Å²) in [5.41, 5.74) is 0.604. The summed E-state index contributed by atoms with van der Waals surface area (Å²) in [6.07, 6.45) is 2.21. The average Bonchev–Trinajstić information content (AvgIpc) is 2.36. The first-order valence-corrected chi connectivity index (χ1v) is 5.35. The normalized spacial score (nSPS) is 10.1. The molecule has 0 radical (unpaired) electrons. The molecule has 18 heavy (non-hydrogen) atoms. The van der Waals surface area contributed by atoms with Gasteiger partial charge in [0.1, 0.15) is 17.5 Å². The van der Waals surface area contributed by atoms with Crippen LogP contribution in [0.15, 0.2) is 30.5 Å². The van der Waals surface area contributed by atoms with E-state index in [2.05, 4.69) is 9.97 Å². The van der Waals surface area contributed by atoms with Gasteiger partial charge in [0.2, 0.25) is 0 Å². The van der Waals surface area contributed by atoms with Gasteiger partial charge in [-0.2, -0.15) is 5.26 Å². The molecule has 0 aliphatic carbocycles. The van der Waals surface area contributed by atoms with Crippen molar-refractivity contribution in [1.82, 2.24) is 9.97 Å².